The normalized spacial score (nSPS) is 10.0. The van der Waals surface area contributed by atoms with Crippen LogP contribution in [0.25, 0.3) is 0 Å². The minimum atomic E-state index is 0.0134. The van der Waals surface area contributed by atoms with Gasteiger partial charge in [-0.25, -0.2) is 9.97 Å². The third-order valence-corrected chi connectivity index (χ3v) is 1.76. The number of aliphatic hydroxyl groups excluding tert-OH is 1. The molecule has 0 aliphatic rings. The molecule has 60 valence electrons. The second-order valence-corrected chi connectivity index (χ2v) is 2.96. The highest BCUT2D eigenvalue weighted by Gasteiger charge is 1.94. The average Bonchev–Trinajstić information content (AvgIpc) is 2.07. The Labute approximate surface area is 69.9 Å². The molecule has 1 rings (SSSR count). The van der Waals surface area contributed by atoms with Crippen LogP contribution in [0.1, 0.15) is 11.4 Å². The minimum Gasteiger partial charge on any atom is -0.392 e. The van der Waals surface area contributed by atoms with Crippen molar-refractivity contribution in [1.82, 2.24) is 9.97 Å². The molecule has 0 aromatic carbocycles. The molecular formula is C7H10N2OS. The fourth-order valence-corrected chi connectivity index (χ4v) is 1.07. The topological polar surface area (TPSA) is 46.0 Å². The fraction of sp³-hybridized carbons (Fsp3) is 0.429. The van der Waals surface area contributed by atoms with E-state index in [4.69, 9.17) is 5.11 Å². The zero-order valence-electron chi connectivity index (χ0n) is 6.32. The Hall–Kier alpha value is -0.610. The van der Waals surface area contributed by atoms with Crippen LogP contribution in [0.3, 0.4) is 0 Å². The van der Waals surface area contributed by atoms with E-state index in [2.05, 4.69) is 9.97 Å². The van der Waals surface area contributed by atoms with E-state index in [0.29, 0.717) is 0 Å². The summed E-state index contributed by atoms with van der Waals surface area (Å²) in [7, 11) is 0. The van der Waals surface area contributed by atoms with Crippen molar-refractivity contribution in [1.29, 1.82) is 0 Å². The monoisotopic (exact) mass is 170 g/mol. The van der Waals surface area contributed by atoms with Crippen molar-refractivity contribution in [2.75, 3.05) is 6.26 Å². The van der Waals surface area contributed by atoms with E-state index in [0.717, 1.165) is 17.1 Å². The number of aliphatic hydroxyl groups is 1. The third kappa shape index (κ3) is 2.48. The van der Waals surface area contributed by atoms with E-state index >= 15 is 0 Å². The highest BCUT2D eigenvalue weighted by atomic mass is 32.2. The Bertz CT molecular complexity index is 212. The maximum Gasteiger partial charge on any atom is 0.138 e. The fourth-order valence-electron chi connectivity index (χ4n) is 0.667. The van der Waals surface area contributed by atoms with Crippen molar-refractivity contribution in [3.05, 3.63) is 23.8 Å². The molecule has 0 atom stereocenters. The zero-order chi connectivity index (χ0) is 8.10. The summed E-state index contributed by atoms with van der Waals surface area (Å²) in [6.45, 7) is 0.0134. The number of rotatable bonds is 3. The summed E-state index contributed by atoms with van der Waals surface area (Å²) in [5, 5.41) is 8.67. The van der Waals surface area contributed by atoms with Crippen molar-refractivity contribution in [2.24, 2.45) is 0 Å². The van der Waals surface area contributed by atoms with Gasteiger partial charge in [-0.05, 0) is 6.26 Å². The van der Waals surface area contributed by atoms with Crippen molar-refractivity contribution >= 4 is 11.8 Å². The second-order valence-electron chi connectivity index (χ2n) is 2.10. The van der Waals surface area contributed by atoms with Gasteiger partial charge in [-0.2, -0.15) is 11.8 Å². The molecule has 1 N–H and O–H groups in total. The van der Waals surface area contributed by atoms with Crippen LogP contribution < -0.4 is 0 Å². The maximum atomic E-state index is 8.67. The van der Waals surface area contributed by atoms with Gasteiger partial charge < -0.3 is 5.11 Å². The van der Waals surface area contributed by atoms with E-state index in [9.17, 15) is 0 Å². The lowest BCUT2D eigenvalue weighted by atomic mass is 10.4. The lowest BCUT2D eigenvalue weighted by molar-refractivity contribution is 0.281. The molecule has 0 radical (unpaired) electrons. The average molecular weight is 170 g/mol. The van der Waals surface area contributed by atoms with E-state index in [-0.39, 0.29) is 6.61 Å². The molecule has 3 nitrogen and oxygen atoms in total. The van der Waals surface area contributed by atoms with Gasteiger partial charge in [-0.3, -0.25) is 0 Å². The van der Waals surface area contributed by atoms with Crippen molar-refractivity contribution in [2.45, 2.75) is 12.4 Å². The third-order valence-electron chi connectivity index (χ3n) is 1.21. The van der Waals surface area contributed by atoms with Crippen LogP contribution in [-0.2, 0) is 12.4 Å². The Morgan fingerprint density at radius 3 is 2.55 bits per heavy atom. The van der Waals surface area contributed by atoms with Crippen molar-refractivity contribution < 1.29 is 5.11 Å². The van der Waals surface area contributed by atoms with Gasteiger partial charge in [-0.1, -0.05) is 0 Å². The van der Waals surface area contributed by atoms with E-state index in [1.807, 2.05) is 6.26 Å². The highest BCUT2D eigenvalue weighted by Crippen LogP contribution is 2.03. The quantitative estimate of drug-likeness (QED) is 0.730. The summed E-state index contributed by atoms with van der Waals surface area (Å²) in [6, 6.07) is 0. The SMILES string of the molecule is CSCc1ncc(CO)cn1. The van der Waals surface area contributed by atoms with Crippen LogP contribution in [0.15, 0.2) is 12.4 Å². The molecule has 1 aromatic rings. The molecule has 0 aliphatic carbocycles. The van der Waals surface area contributed by atoms with Crippen LogP contribution in [0, 0.1) is 0 Å². The predicted molar refractivity (Wildman–Crippen MR) is 45.2 cm³/mol. The summed E-state index contributed by atoms with van der Waals surface area (Å²) in [4.78, 5) is 8.09. The van der Waals surface area contributed by atoms with Crippen molar-refractivity contribution in [3.63, 3.8) is 0 Å². The molecule has 0 spiro atoms. The molecule has 11 heavy (non-hydrogen) atoms. The minimum absolute atomic E-state index is 0.0134. The largest absolute Gasteiger partial charge is 0.392 e. The molecule has 0 fully saturated rings. The van der Waals surface area contributed by atoms with Crippen LogP contribution in [0.2, 0.25) is 0 Å². The Morgan fingerprint density at radius 1 is 1.45 bits per heavy atom. The molecule has 0 aliphatic heterocycles. The van der Waals surface area contributed by atoms with Crippen LogP contribution >= 0.6 is 11.8 Å². The lowest BCUT2D eigenvalue weighted by Gasteiger charge is -1.96. The van der Waals surface area contributed by atoms with Gasteiger partial charge in [0.25, 0.3) is 0 Å². The number of hydrogen-bond donors (Lipinski definition) is 1. The van der Waals surface area contributed by atoms with Gasteiger partial charge in [-0.15, -0.1) is 0 Å². The van der Waals surface area contributed by atoms with Crippen LogP contribution in [0.5, 0.6) is 0 Å². The Morgan fingerprint density at radius 2 is 2.09 bits per heavy atom. The number of nitrogens with zero attached hydrogens (tertiary/aromatic N) is 2. The number of hydrogen-bond acceptors (Lipinski definition) is 4. The maximum absolute atomic E-state index is 8.67. The van der Waals surface area contributed by atoms with Gasteiger partial charge in [0, 0.05) is 18.0 Å². The first-order chi connectivity index (χ1) is 5.36. The number of aromatic nitrogens is 2. The molecule has 0 unspecified atom stereocenters. The predicted octanol–water partition coefficient (Wildman–Crippen LogP) is 0.832. The lowest BCUT2D eigenvalue weighted by Crippen LogP contribution is -1.94. The molecular weight excluding hydrogens is 160 g/mol. The molecule has 1 heterocycles. The molecule has 0 bridgehead atoms. The summed E-state index contributed by atoms with van der Waals surface area (Å²) in [5.41, 5.74) is 0.759. The standard InChI is InChI=1S/C7H10N2OS/c1-11-5-7-8-2-6(4-10)3-9-7/h2-3,10H,4-5H2,1H3. The van der Waals surface area contributed by atoms with Crippen LogP contribution in [0.4, 0.5) is 0 Å². The molecule has 0 amide bonds. The first kappa shape index (κ1) is 8.49. The Kier molecular flexibility index (Phi) is 3.32. The number of thioether (sulfide) groups is 1. The van der Waals surface area contributed by atoms with E-state index in [1.54, 1.807) is 24.2 Å². The Balaban J connectivity index is 2.66. The second kappa shape index (κ2) is 4.31. The smallest absolute Gasteiger partial charge is 0.138 e. The van der Waals surface area contributed by atoms with E-state index < -0.39 is 0 Å². The van der Waals surface area contributed by atoms with Gasteiger partial charge in [0.15, 0.2) is 0 Å². The van der Waals surface area contributed by atoms with Crippen molar-refractivity contribution in [3.8, 4) is 0 Å². The first-order valence-electron chi connectivity index (χ1n) is 3.26. The molecule has 0 saturated heterocycles. The summed E-state index contributed by atoms with van der Waals surface area (Å²) in [5.74, 6) is 1.64. The summed E-state index contributed by atoms with van der Waals surface area (Å²) in [6.07, 6.45) is 5.31. The first-order valence-corrected chi connectivity index (χ1v) is 4.66. The van der Waals surface area contributed by atoms with Gasteiger partial charge in [0.05, 0.1) is 12.4 Å². The zero-order valence-corrected chi connectivity index (χ0v) is 7.14. The highest BCUT2D eigenvalue weighted by molar-refractivity contribution is 7.97. The van der Waals surface area contributed by atoms with Gasteiger partial charge in [0.2, 0.25) is 0 Å². The summed E-state index contributed by atoms with van der Waals surface area (Å²) >= 11 is 1.68. The van der Waals surface area contributed by atoms with Gasteiger partial charge >= 0.3 is 0 Å². The summed E-state index contributed by atoms with van der Waals surface area (Å²) < 4.78 is 0. The van der Waals surface area contributed by atoms with Gasteiger partial charge in [0.1, 0.15) is 5.82 Å². The molecule has 0 saturated carbocycles. The molecule has 4 heteroatoms. The van der Waals surface area contributed by atoms with Crippen LogP contribution in [-0.4, -0.2) is 21.3 Å². The molecule has 1 aromatic heterocycles. The van der Waals surface area contributed by atoms with E-state index in [1.165, 1.54) is 0 Å².